The maximum Gasteiger partial charge on any atom is 0.135 e. The molecule has 18 heavy (non-hydrogen) atoms. The Kier molecular flexibility index (Phi) is 3.71. The molecule has 0 aromatic carbocycles. The second kappa shape index (κ2) is 5.63. The number of anilines is 1. The van der Waals surface area contributed by atoms with Crippen LogP contribution in [-0.2, 0) is 13.0 Å². The SMILES string of the molecule is c1nc2c(c(N3CCCNCCC3)n1)CCNC2. The molecule has 5 heteroatoms. The van der Waals surface area contributed by atoms with Gasteiger partial charge in [0.05, 0.1) is 5.69 Å². The van der Waals surface area contributed by atoms with Crippen molar-refractivity contribution < 1.29 is 0 Å². The highest BCUT2D eigenvalue weighted by atomic mass is 15.2. The Labute approximate surface area is 108 Å². The molecule has 0 bridgehead atoms. The highest BCUT2D eigenvalue weighted by Gasteiger charge is 2.19. The molecule has 1 aromatic rings. The molecule has 1 saturated heterocycles. The zero-order valence-corrected chi connectivity index (χ0v) is 10.8. The first-order valence-electron chi connectivity index (χ1n) is 6.94. The van der Waals surface area contributed by atoms with E-state index < -0.39 is 0 Å². The first-order chi connectivity index (χ1) is 8.95. The van der Waals surface area contributed by atoms with Crippen LogP contribution in [0.1, 0.15) is 24.1 Å². The second-order valence-corrected chi connectivity index (χ2v) is 4.99. The standard InChI is InChI=1S/C13H21N5/c1-4-14-5-2-8-18(7-1)13-11-3-6-15-9-12(11)16-10-17-13/h10,14-15H,1-9H2. The summed E-state index contributed by atoms with van der Waals surface area (Å²) >= 11 is 0. The maximum atomic E-state index is 4.55. The lowest BCUT2D eigenvalue weighted by Crippen LogP contribution is -2.36. The largest absolute Gasteiger partial charge is 0.356 e. The van der Waals surface area contributed by atoms with Gasteiger partial charge in [-0.1, -0.05) is 0 Å². The van der Waals surface area contributed by atoms with E-state index in [1.54, 1.807) is 6.33 Å². The predicted octanol–water partition coefficient (Wildman–Crippen LogP) is 0.312. The Hall–Kier alpha value is -1.20. The molecule has 1 fully saturated rings. The molecule has 5 nitrogen and oxygen atoms in total. The molecule has 0 aliphatic carbocycles. The smallest absolute Gasteiger partial charge is 0.135 e. The molecule has 3 heterocycles. The minimum atomic E-state index is 0.889. The van der Waals surface area contributed by atoms with Crippen LogP contribution in [0.4, 0.5) is 5.82 Å². The Balaban J connectivity index is 1.85. The van der Waals surface area contributed by atoms with Gasteiger partial charge >= 0.3 is 0 Å². The van der Waals surface area contributed by atoms with Crippen molar-refractivity contribution in [2.75, 3.05) is 37.6 Å². The monoisotopic (exact) mass is 247 g/mol. The number of rotatable bonds is 1. The number of fused-ring (bicyclic) bond motifs is 1. The van der Waals surface area contributed by atoms with Crippen LogP contribution in [0.15, 0.2) is 6.33 Å². The van der Waals surface area contributed by atoms with Gasteiger partial charge in [-0.15, -0.1) is 0 Å². The average Bonchev–Trinajstić information content (AvgIpc) is 2.38. The lowest BCUT2D eigenvalue weighted by Gasteiger charge is -2.29. The summed E-state index contributed by atoms with van der Waals surface area (Å²) in [7, 11) is 0. The van der Waals surface area contributed by atoms with Crippen LogP contribution < -0.4 is 15.5 Å². The molecule has 0 radical (unpaired) electrons. The molecule has 0 spiro atoms. The number of nitrogens with one attached hydrogen (secondary N) is 2. The van der Waals surface area contributed by atoms with Gasteiger partial charge in [-0.3, -0.25) is 0 Å². The van der Waals surface area contributed by atoms with Crippen LogP contribution in [0.3, 0.4) is 0 Å². The minimum absolute atomic E-state index is 0.889. The van der Waals surface area contributed by atoms with Crippen molar-refractivity contribution in [1.82, 2.24) is 20.6 Å². The van der Waals surface area contributed by atoms with Crippen molar-refractivity contribution >= 4 is 5.82 Å². The zero-order valence-electron chi connectivity index (χ0n) is 10.8. The van der Waals surface area contributed by atoms with E-state index in [2.05, 4.69) is 25.5 Å². The van der Waals surface area contributed by atoms with Gasteiger partial charge in [0, 0.05) is 25.2 Å². The lowest BCUT2D eigenvalue weighted by atomic mass is 10.1. The Morgan fingerprint density at radius 1 is 1.00 bits per heavy atom. The number of hydrogen-bond donors (Lipinski definition) is 2. The van der Waals surface area contributed by atoms with E-state index in [0.29, 0.717) is 0 Å². The van der Waals surface area contributed by atoms with E-state index in [-0.39, 0.29) is 0 Å². The van der Waals surface area contributed by atoms with Gasteiger partial charge in [0.15, 0.2) is 0 Å². The van der Waals surface area contributed by atoms with Gasteiger partial charge in [-0.25, -0.2) is 9.97 Å². The summed E-state index contributed by atoms with van der Waals surface area (Å²) in [6.07, 6.45) is 5.16. The van der Waals surface area contributed by atoms with Crippen LogP contribution >= 0.6 is 0 Å². The van der Waals surface area contributed by atoms with E-state index in [9.17, 15) is 0 Å². The quantitative estimate of drug-likeness (QED) is 0.748. The van der Waals surface area contributed by atoms with Crippen molar-refractivity contribution in [1.29, 1.82) is 0 Å². The van der Waals surface area contributed by atoms with Gasteiger partial charge in [0.2, 0.25) is 0 Å². The molecule has 2 aliphatic heterocycles. The Morgan fingerprint density at radius 3 is 2.67 bits per heavy atom. The third-order valence-electron chi connectivity index (χ3n) is 3.72. The first-order valence-corrected chi connectivity index (χ1v) is 6.94. The maximum absolute atomic E-state index is 4.55. The molecule has 2 N–H and O–H groups in total. The van der Waals surface area contributed by atoms with Gasteiger partial charge < -0.3 is 15.5 Å². The lowest BCUT2D eigenvalue weighted by molar-refractivity contribution is 0.558. The van der Waals surface area contributed by atoms with E-state index in [1.165, 1.54) is 29.9 Å². The van der Waals surface area contributed by atoms with Crippen molar-refractivity contribution in [2.45, 2.75) is 25.8 Å². The fourth-order valence-corrected chi connectivity index (χ4v) is 2.78. The summed E-state index contributed by atoms with van der Waals surface area (Å²) in [5, 5.41) is 6.83. The number of aromatic nitrogens is 2. The van der Waals surface area contributed by atoms with Crippen LogP contribution in [0.2, 0.25) is 0 Å². The predicted molar refractivity (Wildman–Crippen MR) is 71.8 cm³/mol. The fraction of sp³-hybridized carbons (Fsp3) is 0.692. The van der Waals surface area contributed by atoms with Gasteiger partial charge in [0.1, 0.15) is 12.1 Å². The summed E-state index contributed by atoms with van der Waals surface area (Å²) in [6.45, 7) is 6.37. The van der Waals surface area contributed by atoms with Crippen LogP contribution in [0.25, 0.3) is 0 Å². The van der Waals surface area contributed by atoms with E-state index in [0.717, 1.165) is 45.7 Å². The zero-order chi connectivity index (χ0) is 12.2. The van der Waals surface area contributed by atoms with E-state index in [1.807, 2.05) is 0 Å². The van der Waals surface area contributed by atoms with Crippen molar-refractivity contribution in [3.05, 3.63) is 17.6 Å². The summed E-state index contributed by atoms with van der Waals surface area (Å²) in [5.74, 6) is 1.18. The molecule has 0 atom stereocenters. The molecule has 0 saturated carbocycles. The topological polar surface area (TPSA) is 53.1 Å². The highest BCUT2D eigenvalue weighted by molar-refractivity contribution is 5.49. The Morgan fingerprint density at radius 2 is 1.83 bits per heavy atom. The number of nitrogens with zero attached hydrogens (tertiary/aromatic N) is 3. The van der Waals surface area contributed by atoms with Crippen molar-refractivity contribution in [2.24, 2.45) is 0 Å². The molecular formula is C13H21N5. The second-order valence-electron chi connectivity index (χ2n) is 4.99. The van der Waals surface area contributed by atoms with Crippen LogP contribution in [0.5, 0.6) is 0 Å². The normalized spacial score (nSPS) is 21.0. The highest BCUT2D eigenvalue weighted by Crippen LogP contribution is 2.23. The summed E-state index contributed by atoms with van der Waals surface area (Å²) in [4.78, 5) is 11.4. The van der Waals surface area contributed by atoms with Crippen LogP contribution in [0, 0.1) is 0 Å². The third-order valence-corrected chi connectivity index (χ3v) is 3.72. The van der Waals surface area contributed by atoms with E-state index >= 15 is 0 Å². The summed E-state index contributed by atoms with van der Waals surface area (Å²) in [6, 6.07) is 0. The molecule has 2 aliphatic rings. The van der Waals surface area contributed by atoms with Crippen molar-refractivity contribution in [3.8, 4) is 0 Å². The van der Waals surface area contributed by atoms with Crippen LogP contribution in [-0.4, -0.2) is 42.7 Å². The molecular weight excluding hydrogens is 226 g/mol. The number of hydrogen-bond acceptors (Lipinski definition) is 5. The summed E-state index contributed by atoms with van der Waals surface area (Å²) < 4.78 is 0. The Bertz CT molecular complexity index is 398. The van der Waals surface area contributed by atoms with Gasteiger partial charge in [-0.2, -0.15) is 0 Å². The average molecular weight is 247 g/mol. The van der Waals surface area contributed by atoms with Crippen molar-refractivity contribution in [3.63, 3.8) is 0 Å². The molecule has 0 unspecified atom stereocenters. The molecule has 1 aromatic heterocycles. The van der Waals surface area contributed by atoms with Gasteiger partial charge in [-0.05, 0) is 38.9 Å². The molecule has 98 valence electrons. The van der Waals surface area contributed by atoms with Gasteiger partial charge in [0.25, 0.3) is 0 Å². The summed E-state index contributed by atoms with van der Waals surface area (Å²) in [5.41, 5.74) is 2.55. The molecule has 3 rings (SSSR count). The fourth-order valence-electron chi connectivity index (χ4n) is 2.78. The minimum Gasteiger partial charge on any atom is -0.356 e. The third kappa shape index (κ3) is 2.47. The molecule has 0 amide bonds. The first kappa shape index (κ1) is 11.9. The van der Waals surface area contributed by atoms with E-state index in [4.69, 9.17) is 0 Å².